The monoisotopic (exact) mass is 271 g/mol. The molecule has 6 nitrogen and oxygen atoms in total. The number of amides is 2. The third-order valence-corrected chi connectivity index (χ3v) is 2.41. The predicted octanol–water partition coefficient (Wildman–Crippen LogP) is 0.737. The van der Waals surface area contributed by atoms with E-state index in [0.717, 1.165) is 0 Å². The highest BCUT2D eigenvalue weighted by Gasteiger charge is 2.18. The van der Waals surface area contributed by atoms with E-state index >= 15 is 0 Å². The summed E-state index contributed by atoms with van der Waals surface area (Å²) in [6, 6.07) is 2.26. The Morgan fingerprint density at radius 1 is 1.56 bits per heavy atom. The molecule has 2 amide bonds. The SMILES string of the molecule is CCOc1ccc(Cl)c(C(=O)N[C@H](C)C(N)=O)n1. The lowest BCUT2D eigenvalue weighted by Gasteiger charge is -2.11. The van der Waals surface area contributed by atoms with E-state index in [-0.39, 0.29) is 10.7 Å². The molecule has 0 saturated heterocycles. The van der Waals surface area contributed by atoms with Gasteiger partial charge in [-0.2, -0.15) is 0 Å². The minimum atomic E-state index is -0.800. The zero-order valence-corrected chi connectivity index (χ0v) is 10.8. The first-order chi connectivity index (χ1) is 8.45. The number of pyridine rings is 1. The Morgan fingerprint density at radius 3 is 2.78 bits per heavy atom. The van der Waals surface area contributed by atoms with E-state index in [0.29, 0.717) is 12.5 Å². The van der Waals surface area contributed by atoms with Crippen LogP contribution in [0.4, 0.5) is 0 Å². The highest BCUT2D eigenvalue weighted by atomic mass is 35.5. The van der Waals surface area contributed by atoms with Crippen molar-refractivity contribution in [3.05, 3.63) is 22.8 Å². The third-order valence-electron chi connectivity index (χ3n) is 2.10. The van der Waals surface area contributed by atoms with Gasteiger partial charge in [-0.05, 0) is 19.9 Å². The van der Waals surface area contributed by atoms with Gasteiger partial charge in [0.15, 0.2) is 5.69 Å². The Hall–Kier alpha value is -1.82. The standard InChI is InChI=1S/C11H14ClN3O3/c1-3-18-8-5-4-7(12)9(15-8)11(17)14-6(2)10(13)16/h4-6H,3H2,1-2H3,(H2,13,16)(H,14,17)/t6-/m1/s1. The number of hydrogen-bond acceptors (Lipinski definition) is 4. The average molecular weight is 272 g/mol. The number of nitrogens with zero attached hydrogens (tertiary/aromatic N) is 1. The zero-order valence-electron chi connectivity index (χ0n) is 10.1. The van der Waals surface area contributed by atoms with Crippen molar-refractivity contribution in [2.24, 2.45) is 5.73 Å². The van der Waals surface area contributed by atoms with Gasteiger partial charge in [0, 0.05) is 6.07 Å². The zero-order chi connectivity index (χ0) is 13.7. The van der Waals surface area contributed by atoms with E-state index < -0.39 is 17.9 Å². The molecule has 1 aromatic heterocycles. The van der Waals surface area contributed by atoms with Crippen LogP contribution in [0.25, 0.3) is 0 Å². The van der Waals surface area contributed by atoms with Crippen LogP contribution in [-0.4, -0.2) is 29.4 Å². The number of nitrogens with two attached hydrogens (primary N) is 1. The van der Waals surface area contributed by atoms with E-state index in [2.05, 4.69) is 10.3 Å². The van der Waals surface area contributed by atoms with Crippen LogP contribution in [0.15, 0.2) is 12.1 Å². The molecule has 0 aliphatic carbocycles. The molecule has 0 bridgehead atoms. The number of nitrogens with one attached hydrogen (secondary N) is 1. The maximum Gasteiger partial charge on any atom is 0.272 e. The number of hydrogen-bond donors (Lipinski definition) is 2. The van der Waals surface area contributed by atoms with Crippen LogP contribution in [0.5, 0.6) is 5.88 Å². The van der Waals surface area contributed by atoms with Crippen LogP contribution < -0.4 is 15.8 Å². The second-order valence-electron chi connectivity index (χ2n) is 3.51. The molecule has 0 aliphatic rings. The number of ether oxygens (including phenoxy) is 1. The van der Waals surface area contributed by atoms with Gasteiger partial charge in [0.1, 0.15) is 6.04 Å². The van der Waals surface area contributed by atoms with Gasteiger partial charge in [-0.1, -0.05) is 11.6 Å². The summed E-state index contributed by atoms with van der Waals surface area (Å²) in [6.07, 6.45) is 0. The van der Waals surface area contributed by atoms with Crippen molar-refractivity contribution < 1.29 is 14.3 Å². The van der Waals surface area contributed by atoms with Gasteiger partial charge >= 0.3 is 0 Å². The largest absolute Gasteiger partial charge is 0.478 e. The molecule has 7 heteroatoms. The fourth-order valence-electron chi connectivity index (χ4n) is 1.15. The summed E-state index contributed by atoms with van der Waals surface area (Å²) < 4.78 is 5.16. The Balaban J connectivity index is 2.90. The molecule has 98 valence electrons. The van der Waals surface area contributed by atoms with Gasteiger partial charge in [0.25, 0.3) is 5.91 Å². The predicted molar refractivity (Wildman–Crippen MR) is 66.5 cm³/mol. The van der Waals surface area contributed by atoms with E-state index in [1.54, 1.807) is 13.0 Å². The second kappa shape index (κ2) is 6.20. The molecule has 1 aromatic rings. The summed E-state index contributed by atoms with van der Waals surface area (Å²) in [5.74, 6) is -0.924. The van der Waals surface area contributed by atoms with Gasteiger partial charge in [0.05, 0.1) is 11.6 Å². The van der Waals surface area contributed by atoms with Gasteiger partial charge in [0.2, 0.25) is 11.8 Å². The van der Waals surface area contributed by atoms with E-state index in [1.165, 1.54) is 13.0 Å². The van der Waals surface area contributed by atoms with Gasteiger partial charge < -0.3 is 15.8 Å². The summed E-state index contributed by atoms with van der Waals surface area (Å²) >= 11 is 5.86. The number of primary amides is 1. The lowest BCUT2D eigenvalue weighted by atomic mass is 10.3. The first-order valence-electron chi connectivity index (χ1n) is 5.35. The Bertz CT molecular complexity index is 465. The molecular formula is C11H14ClN3O3. The van der Waals surface area contributed by atoms with Crippen molar-refractivity contribution in [2.75, 3.05) is 6.61 Å². The molecule has 0 aliphatic heterocycles. The van der Waals surface area contributed by atoms with Gasteiger partial charge in [-0.15, -0.1) is 0 Å². The van der Waals surface area contributed by atoms with Crippen LogP contribution in [0.3, 0.4) is 0 Å². The fourth-order valence-corrected chi connectivity index (χ4v) is 1.34. The smallest absolute Gasteiger partial charge is 0.272 e. The highest BCUT2D eigenvalue weighted by molar-refractivity contribution is 6.33. The molecule has 18 heavy (non-hydrogen) atoms. The van der Waals surface area contributed by atoms with Gasteiger partial charge in [-0.3, -0.25) is 9.59 Å². The van der Waals surface area contributed by atoms with E-state index in [4.69, 9.17) is 22.1 Å². The molecule has 1 atom stereocenters. The number of carbonyl (C=O) groups excluding carboxylic acids is 2. The first-order valence-corrected chi connectivity index (χ1v) is 5.73. The number of halogens is 1. The maximum atomic E-state index is 11.8. The quantitative estimate of drug-likeness (QED) is 0.826. The van der Waals surface area contributed by atoms with Crippen molar-refractivity contribution in [2.45, 2.75) is 19.9 Å². The molecule has 1 rings (SSSR count). The minimum Gasteiger partial charge on any atom is -0.478 e. The topological polar surface area (TPSA) is 94.3 Å². The van der Waals surface area contributed by atoms with Crippen LogP contribution >= 0.6 is 11.6 Å². The highest BCUT2D eigenvalue weighted by Crippen LogP contribution is 2.18. The van der Waals surface area contributed by atoms with E-state index in [9.17, 15) is 9.59 Å². The molecule has 0 saturated carbocycles. The summed E-state index contributed by atoms with van der Waals surface area (Å²) in [7, 11) is 0. The van der Waals surface area contributed by atoms with Crippen molar-refractivity contribution in [1.82, 2.24) is 10.3 Å². The van der Waals surface area contributed by atoms with Crippen LogP contribution in [0.2, 0.25) is 5.02 Å². The number of carbonyl (C=O) groups is 2. The summed E-state index contributed by atoms with van der Waals surface area (Å²) in [6.45, 7) is 3.69. The molecule has 0 unspecified atom stereocenters. The van der Waals surface area contributed by atoms with Crippen molar-refractivity contribution >= 4 is 23.4 Å². The minimum absolute atomic E-state index is 0.00397. The molecule has 1 heterocycles. The summed E-state index contributed by atoms with van der Waals surface area (Å²) in [5.41, 5.74) is 5.04. The van der Waals surface area contributed by atoms with Crippen molar-refractivity contribution in [3.8, 4) is 5.88 Å². The average Bonchev–Trinajstić information content (AvgIpc) is 2.31. The van der Waals surface area contributed by atoms with Crippen LogP contribution in [0, 0.1) is 0 Å². The lowest BCUT2D eigenvalue weighted by Crippen LogP contribution is -2.42. The molecule has 0 fully saturated rings. The second-order valence-corrected chi connectivity index (χ2v) is 3.92. The Morgan fingerprint density at radius 2 is 2.22 bits per heavy atom. The Labute approximate surface area is 109 Å². The summed E-state index contributed by atoms with van der Waals surface area (Å²) in [4.78, 5) is 26.6. The van der Waals surface area contributed by atoms with E-state index in [1.807, 2.05) is 0 Å². The van der Waals surface area contributed by atoms with Gasteiger partial charge in [-0.25, -0.2) is 4.98 Å². The summed E-state index contributed by atoms with van der Waals surface area (Å²) in [5, 5.41) is 2.56. The van der Waals surface area contributed by atoms with Crippen LogP contribution in [0.1, 0.15) is 24.3 Å². The first kappa shape index (κ1) is 14.2. The van der Waals surface area contributed by atoms with Crippen LogP contribution in [-0.2, 0) is 4.79 Å². The normalized spacial score (nSPS) is 11.7. The maximum absolute atomic E-state index is 11.8. The third kappa shape index (κ3) is 3.59. The number of rotatable bonds is 5. The molecular weight excluding hydrogens is 258 g/mol. The molecule has 0 radical (unpaired) electrons. The number of aromatic nitrogens is 1. The molecule has 0 spiro atoms. The fraction of sp³-hybridized carbons (Fsp3) is 0.364. The van der Waals surface area contributed by atoms with Crippen molar-refractivity contribution in [3.63, 3.8) is 0 Å². The lowest BCUT2D eigenvalue weighted by molar-refractivity contribution is -0.119. The molecule has 0 aromatic carbocycles. The van der Waals surface area contributed by atoms with Crippen molar-refractivity contribution in [1.29, 1.82) is 0 Å². The Kier molecular flexibility index (Phi) is 4.91. The molecule has 3 N–H and O–H groups in total.